The third-order valence-electron chi connectivity index (χ3n) is 2.24. The zero-order valence-electron chi connectivity index (χ0n) is 8.70. The second kappa shape index (κ2) is 3.73. The number of ether oxygens (including phenoxy) is 1. The van der Waals surface area contributed by atoms with Gasteiger partial charge in [0.1, 0.15) is 5.75 Å². The van der Waals surface area contributed by atoms with E-state index >= 15 is 0 Å². The third-order valence-corrected chi connectivity index (χ3v) is 2.24. The number of H-pyrrole nitrogens is 1. The molecule has 15 heavy (non-hydrogen) atoms. The zero-order chi connectivity index (χ0) is 10.8. The van der Waals surface area contributed by atoms with Gasteiger partial charge in [0.05, 0.1) is 23.8 Å². The van der Waals surface area contributed by atoms with Crippen molar-refractivity contribution in [2.75, 3.05) is 6.61 Å². The van der Waals surface area contributed by atoms with E-state index in [2.05, 4.69) is 9.97 Å². The summed E-state index contributed by atoms with van der Waals surface area (Å²) >= 11 is 0. The molecule has 1 heterocycles. The van der Waals surface area contributed by atoms with Crippen LogP contribution in [0, 0.1) is 6.92 Å². The highest BCUT2D eigenvalue weighted by Gasteiger charge is 2.05. The van der Waals surface area contributed by atoms with Gasteiger partial charge >= 0.3 is 0 Å². The van der Waals surface area contributed by atoms with Crippen LogP contribution in [0.1, 0.15) is 12.5 Å². The number of hydrogen-bond donors (Lipinski definition) is 1. The molecule has 1 N–H and O–H groups in total. The second-order valence-electron chi connectivity index (χ2n) is 3.30. The monoisotopic (exact) mass is 204 g/mol. The van der Waals surface area contributed by atoms with E-state index in [1.54, 1.807) is 6.07 Å². The molecule has 4 heteroatoms. The lowest BCUT2D eigenvalue weighted by atomic mass is 10.1. The van der Waals surface area contributed by atoms with E-state index in [9.17, 15) is 4.79 Å². The Morgan fingerprint density at radius 3 is 3.00 bits per heavy atom. The van der Waals surface area contributed by atoms with E-state index in [0.717, 1.165) is 11.3 Å². The average molecular weight is 204 g/mol. The van der Waals surface area contributed by atoms with Crippen LogP contribution in [0.3, 0.4) is 0 Å². The number of hydrogen-bond acceptors (Lipinski definition) is 3. The molecule has 0 bridgehead atoms. The van der Waals surface area contributed by atoms with Crippen molar-refractivity contribution in [1.29, 1.82) is 0 Å². The Morgan fingerprint density at radius 1 is 1.47 bits per heavy atom. The van der Waals surface area contributed by atoms with Gasteiger partial charge in [-0.25, -0.2) is 4.98 Å². The lowest BCUT2D eigenvalue weighted by Crippen LogP contribution is -2.07. The summed E-state index contributed by atoms with van der Waals surface area (Å²) in [5.74, 6) is 0.739. The molecular formula is C11H12N2O2. The van der Waals surface area contributed by atoms with Gasteiger partial charge in [-0.1, -0.05) is 0 Å². The Kier molecular flexibility index (Phi) is 2.41. The van der Waals surface area contributed by atoms with Crippen molar-refractivity contribution in [3.63, 3.8) is 0 Å². The maximum Gasteiger partial charge on any atom is 0.258 e. The Morgan fingerprint density at radius 2 is 2.27 bits per heavy atom. The van der Waals surface area contributed by atoms with Crippen molar-refractivity contribution in [3.05, 3.63) is 34.4 Å². The zero-order valence-corrected chi connectivity index (χ0v) is 8.70. The lowest BCUT2D eigenvalue weighted by molar-refractivity contribution is 0.338. The fourth-order valence-corrected chi connectivity index (χ4v) is 1.51. The van der Waals surface area contributed by atoms with Crippen LogP contribution >= 0.6 is 0 Å². The molecule has 0 radical (unpaired) electrons. The molecule has 0 amide bonds. The van der Waals surface area contributed by atoms with Gasteiger partial charge in [0.2, 0.25) is 0 Å². The maximum absolute atomic E-state index is 11.5. The average Bonchev–Trinajstić information content (AvgIpc) is 2.21. The number of aryl methyl sites for hydroxylation is 1. The molecule has 2 rings (SSSR count). The maximum atomic E-state index is 11.5. The molecule has 0 saturated carbocycles. The minimum absolute atomic E-state index is 0.138. The van der Waals surface area contributed by atoms with Crippen LogP contribution in [0.2, 0.25) is 0 Å². The predicted molar refractivity (Wildman–Crippen MR) is 58.3 cm³/mol. The summed E-state index contributed by atoms with van der Waals surface area (Å²) in [6.07, 6.45) is 1.41. The van der Waals surface area contributed by atoms with Crippen LogP contribution in [-0.2, 0) is 0 Å². The van der Waals surface area contributed by atoms with Crippen LogP contribution < -0.4 is 10.3 Å². The van der Waals surface area contributed by atoms with Crippen molar-refractivity contribution in [1.82, 2.24) is 9.97 Å². The van der Waals surface area contributed by atoms with Gasteiger partial charge in [0.25, 0.3) is 5.56 Å². The van der Waals surface area contributed by atoms with Crippen LogP contribution in [0.25, 0.3) is 10.9 Å². The Balaban J connectivity index is 2.72. The number of nitrogens with one attached hydrogen (secondary N) is 1. The molecule has 4 nitrogen and oxygen atoms in total. The molecule has 0 aliphatic carbocycles. The SMILES string of the molecule is CCOc1cc2c(=O)[nH]cnc2cc1C. The van der Waals surface area contributed by atoms with Crippen LogP contribution in [0.15, 0.2) is 23.3 Å². The van der Waals surface area contributed by atoms with Crippen molar-refractivity contribution in [2.45, 2.75) is 13.8 Å². The summed E-state index contributed by atoms with van der Waals surface area (Å²) in [6, 6.07) is 3.59. The normalized spacial score (nSPS) is 10.5. The minimum atomic E-state index is -0.138. The summed E-state index contributed by atoms with van der Waals surface area (Å²) in [7, 11) is 0. The van der Waals surface area contributed by atoms with Gasteiger partial charge in [-0.3, -0.25) is 4.79 Å². The fraction of sp³-hybridized carbons (Fsp3) is 0.273. The number of aromatic amines is 1. The first kappa shape index (κ1) is 9.71. The highest BCUT2D eigenvalue weighted by molar-refractivity contribution is 5.80. The number of fused-ring (bicyclic) bond motifs is 1. The molecule has 0 aliphatic rings. The van der Waals surface area contributed by atoms with E-state index in [4.69, 9.17) is 4.74 Å². The quantitative estimate of drug-likeness (QED) is 0.808. The van der Waals surface area contributed by atoms with Crippen molar-refractivity contribution < 1.29 is 4.74 Å². The van der Waals surface area contributed by atoms with Gasteiger partial charge in [-0.05, 0) is 31.5 Å². The first-order chi connectivity index (χ1) is 7.22. The molecule has 0 fully saturated rings. The molecule has 78 valence electrons. The summed E-state index contributed by atoms with van der Waals surface area (Å²) in [6.45, 7) is 4.44. The third kappa shape index (κ3) is 1.70. The molecular weight excluding hydrogens is 192 g/mol. The van der Waals surface area contributed by atoms with Gasteiger partial charge < -0.3 is 9.72 Å². The van der Waals surface area contributed by atoms with Gasteiger partial charge in [0, 0.05) is 0 Å². The molecule has 0 aliphatic heterocycles. The van der Waals surface area contributed by atoms with E-state index < -0.39 is 0 Å². The predicted octanol–water partition coefficient (Wildman–Crippen LogP) is 1.63. The Labute approximate surface area is 86.9 Å². The molecule has 0 saturated heterocycles. The number of rotatable bonds is 2. The van der Waals surface area contributed by atoms with E-state index in [0.29, 0.717) is 17.5 Å². The molecule has 2 aromatic rings. The van der Waals surface area contributed by atoms with Gasteiger partial charge in [-0.2, -0.15) is 0 Å². The van der Waals surface area contributed by atoms with E-state index in [1.807, 2.05) is 19.9 Å². The highest BCUT2D eigenvalue weighted by atomic mass is 16.5. The number of aromatic nitrogens is 2. The van der Waals surface area contributed by atoms with Crippen LogP contribution in [0.4, 0.5) is 0 Å². The van der Waals surface area contributed by atoms with Crippen molar-refractivity contribution >= 4 is 10.9 Å². The summed E-state index contributed by atoms with van der Waals surface area (Å²) in [5.41, 5.74) is 1.54. The topological polar surface area (TPSA) is 55.0 Å². The van der Waals surface area contributed by atoms with Crippen molar-refractivity contribution in [2.24, 2.45) is 0 Å². The van der Waals surface area contributed by atoms with Crippen molar-refractivity contribution in [3.8, 4) is 5.75 Å². The lowest BCUT2D eigenvalue weighted by Gasteiger charge is -2.07. The molecule has 0 atom stereocenters. The summed E-state index contributed by atoms with van der Waals surface area (Å²) < 4.78 is 5.42. The van der Waals surface area contributed by atoms with E-state index in [1.165, 1.54) is 6.33 Å². The minimum Gasteiger partial charge on any atom is -0.494 e. The fourth-order valence-electron chi connectivity index (χ4n) is 1.51. The Bertz CT molecular complexity index is 546. The standard InChI is InChI=1S/C11H12N2O2/c1-3-15-10-5-8-9(4-7(10)2)12-6-13-11(8)14/h4-6H,3H2,1-2H3,(H,12,13,14). The first-order valence-corrected chi connectivity index (χ1v) is 4.83. The molecule has 0 spiro atoms. The Hall–Kier alpha value is -1.84. The smallest absolute Gasteiger partial charge is 0.258 e. The van der Waals surface area contributed by atoms with Crippen LogP contribution in [0.5, 0.6) is 5.75 Å². The summed E-state index contributed by atoms with van der Waals surface area (Å²) in [4.78, 5) is 18.1. The summed E-state index contributed by atoms with van der Waals surface area (Å²) in [5, 5.41) is 0.562. The highest BCUT2D eigenvalue weighted by Crippen LogP contribution is 2.21. The number of nitrogens with zero attached hydrogens (tertiary/aromatic N) is 1. The van der Waals surface area contributed by atoms with Gasteiger partial charge in [-0.15, -0.1) is 0 Å². The van der Waals surface area contributed by atoms with Crippen LogP contribution in [-0.4, -0.2) is 16.6 Å². The first-order valence-electron chi connectivity index (χ1n) is 4.83. The van der Waals surface area contributed by atoms with E-state index in [-0.39, 0.29) is 5.56 Å². The largest absolute Gasteiger partial charge is 0.494 e. The molecule has 0 unspecified atom stereocenters. The second-order valence-corrected chi connectivity index (χ2v) is 3.30. The molecule has 1 aromatic carbocycles. The van der Waals surface area contributed by atoms with Gasteiger partial charge in [0.15, 0.2) is 0 Å². The molecule has 1 aromatic heterocycles. The number of benzene rings is 1.